The van der Waals surface area contributed by atoms with Crippen LogP contribution in [0.4, 0.5) is 23.3 Å². The molecule has 3 fully saturated rings. The lowest BCUT2D eigenvalue weighted by Crippen LogP contribution is -2.47. The average molecular weight is 618 g/mol. The number of nitrogens with zero attached hydrogens (tertiary/aromatic N) is 5. The first-order valence-electron chi connectivity index (χ1n) is 16.0. The van der Waals surface area contributed by atoms with E-state index in [1.165, 1.54) is 43.4 Å². The standard InChI is InChI=1S/C34H44ClN7S/c1-26-9-8-18-42(24-26)31-23-30(41-21-19-40(20-22-41)29-10-4-2-5-11-29)37-32(38-31)39-33(43)36-25-34(16-6-3-7-17-34)27-12-14-28(35)15-13-27/h2,4-5,10-15,23,26H,3,6-9,16-22,24-25H2,1H3,(H2,36,37,38,39,43)/t26-/m1/s1. The van der Waals surface area contributed by atoms with Crippen molar-refractivity contribution in [2.75, 3.05) is 65.8 Å². The molecule has 2 aromatic carbocycles. The molecule has 9 heteroatoms. The summed E-state index contributed by atoms with van der Waals surface area (Å²) in [6.45, 7) is 8.88. The normalized spacial score (nSPS) is 20.5. The second-order valence-electron chi connectivity index (χ2n) is 12.6. The molecular weight excluding hydrogens is 574 g/mol. The Morgan fingerprint density at radius 3 is 2.23 bits per heavy atom. The second kappa shape index (κ2) is 13.7. The van der Waals surface area contributed by atoms with Gasteiger partial charge in [0.1, 0.15) is 11.6 Å². The smallest absolute Gasteiger partial charge is 0.232 e. The molecule has 1 aliphatic carbocycles. The Labute approximate surface area is 267 Å². The van der Waals surface area contributed by atoms with E-state index >= 15 is 0 Å². The van der Waals surface area contributed by atoms with Crippen LogP contribution in [0.3, 0.4) is 0 Å². The highest BCUT2D eigenvalue weighted by atomic mass is 35.5. The molecule has 0 unspecified atom stereocenters. The number of aromatic nitrogens is 2. The van der Waals surface area contributed by atoms with Crippen molar-refractivity contribution in [3.05, 3.63) is 71.2 Å². The number of para-hydroxylation sites is 1. The molecule has 1 atom stereocenters. The minimum Gasteiger partial charge on any atom is -0.368 e. The lowest BCUT2D eigenvalue weighted by molar-refractivity contribution is 0.292. The first-order chi connectivity index (χ1) is 21.0. The molecule has 6 rings (SSSR count). The number of thiocarbonyl (C=S) groups is 1. The zero-order valence-corrected chi connectivity index (χ0v) is 26.8. The summed E-state index contributed by atoms with van der Waals surface area (Å²) < 4.78 is 0. The quantitative estimate of drug-likeness (QED) is 0.278. The van der Waals surface area contributed by atoms with Crippen molar-refractivity contribution in [1.82, 2.24) is 15.3 Å². The molecule has 0 bridgehead atoms. The number of anilines is 4. The van der Waals surface area contributed by atoms with E-state index in [0.29, 0.717) is 17.0 Å². The van der Waals surface area contributed by atoms with Crippen LogP contribution in [0.25, 0.3) is 0 Å². The molecule has 0 amide bonds. The Bertz CT molecular complexity index is 1350. The van der Waals surface area contributed by atoms with Gasteiger partial charge in [0.05, 0.1) is 0 Å². The molecular formula is C34H44ClN7S. The van der Waals surface area contributed by atoms with Gasteiger partial charge in [-0.05, 0) is 73.6 Å². The number of hydrogen-bond acceptors (Lipinski definition) is 6. The van der Waals surface area contributed by atoms with Crippen LogP contribution in [0, 0.1) is 5.92 Å². The number of piperidine rings is 1. The molecule has 0 radical (unpaired) electrons. The lowest BCUT2D eigenvalue weighted by Gasteiger charge is -2.38. The van der Waals surface area contributed by atoms with E-state index in [4.69, 9.17) is 33.8 Å². The van der Waals surface area contributed by atoms with Gasteiger partial charge in [-0.25, -0.2) is 0 Å². The molecule has 7 nitrogen and oxygen atoms in total. The molecule has 43 heavy (non-hydrogen) atoms. The van der Waals surface area contributed by atoms with Crippen LogP contribution in [0.1, 0.15) is 57.4 Å². The van der Waals surface area contributed by atoms with E-state index in [1.807, 2.05) is 12.1 Å². The zero-order chi connectivity index (χ0) is 29.6. The number of benzene rings is 2. The molecule has 0 spiro atoms. The largest absolute Gasteiger partial charge is 0.368 e. The molecule has 3 aliphatic rings. The molecule has 2 aliphatic heterocycles. The maximum atomic E-state index is 6.23. The third kappa shape index (κ3) is 7.35. The van der Waals surface area contributed by atoms with Gasteiger partial charge in [-0.3, -0.25) is 0 Å². The molecule has 3 heterocycles. The van der Waals surface area contributed by atoms with Crippen LogP contribution in [0.2, 0.25) is 5.02 Å². The van der Waals surface area contributed by atoms with Crippen molar-refractivity contribution in [3.63, 3.8) is 0 Å². The summed E-state index contributed by atoms with van der Waals surface area (Å²) in [6, 6.07) is 21.2. The molecule has 1 saturated carbocycles. The molecule has 3 aromatic rings. The second-order valence-corrected chi connectivity index (χ2v) is 13.4. The van der Waals surface area contributed by atoms with E-state index in [1.54, 1.807) is 0 Å². The van der Waals surface area contributed by atoms with E-state index in [9.17, 15) is 0 Å². The van der Waals surface area contributed by atoms with Crippen LogP contribution < -0.4 is 25.3 Å². The summed E-state index contributed by atoms with van der Waals surface area (Å²) >= 11 is 12.1. The van der Waals surface area contributed by atoms with Crippen LogP contribution in [0.15, 0.2) is 60.7 Å². The Hall–Kier alpha value is -3.10. The van der Waals surface area contributed by atoms with Gasteiger partial charge in [0.15, 0.2) is 5.11 Å². The van der Waals surface area contributed by atoms with Crippen molar-refractivity contribution in [3.8, 4) is 0 Å². The van der Waals surface area contributed by atoms with Gasteiger partial charge in [0, 0.05) is 68.0 Å². The van der Waals surface area contributed by atoms with Crippen molar-refractivity contribution in [2.45, 2.75) is 57.3 Å². The highest BCUT2D eigenvalue weighted by molar-refractivity contribution is 7.80. The van der Waals surface area contributed by atoms with Gasteiger partial charge < -0.3 is 25.3 Å². The Morgan fingerprint density at radius 2 is 1.53 bits per heavy atom. The number of rotatable bonds is 7. The Kier molecular flexibility index (Phi) is 9.53. The number of hydrogen-bond donors (Lipinski definition) is 2. The number of halogens is 1. The Morgan fingerprint density at radius 1 is 0.860 bits per heavy atom. The summed E-state index contributed by atoms with van der Waals surface area (Å²) in [5.74, 6) is 3.17. The first kappa shape index (κ1) is 29.9. The fraction of sp³-hybridized carbons (Fsp3) is 0.500. The van der Waals surface area contributed by atoms with Crippen molar-refractivity contribution >= 4 is 52.2 Å². The van der Waals surface area contributed by atoms with Crippen LogP contribution in [-0.4, -0.2) is 60.9 Å². The van der Waals surface area contributed by atoms with Gasteiger partial charge in [-0.2, -0.15) is 9.97 Å². The summed E-state index contributed by atoms with van der Waals surface area (Å²) in [7, 11) is 0. The minimum atomic E-state index is 0.0464. The van der Waals surface area contributed by atoms with E-state index < -0.39 is 0 Å². The van der Waals surface area contributed by atoms with Gasteiger partial charge in [-0.1, -0.05) is 68.1 Å². The number of nitrogens with one attached hydrogen (secondary N) is 2. The lowest BCUT2D eigenvalue weighted by atomic mass is 9.69. The van der Waals surface area contributed by atoms with E-state index in [2.05, 4.69) is 80.8 Å². The molecule has 2 saturated heterocycles. The summed E-state index contributed by atoms with van der Waals surface area (Å²) in [5.41, 5.74) is 2.66. The van der Waals surface area contributed by atoms with Crippen molar-refractivity contribution in [1.29, 1.82) is 0 Å². The Balaban J connectivity index is 1.17. The van der Waals surface area contributed by atoms with Crippen molar-refractivity contribution < 1.29 is 0 Å². The molecule has 228 valence electrons. The van der Waals surface area contributed by atoms with Crippen LogP contribution in [0.5, 0.6) is 0 Å². The van der Waals surface area contributed by atoms with E-state index in [0.717, 1.165) is 75.3 Å². The fourth-order valence-electron chi connectivity index (χ4n) is 7.03. The maximum Gasteiger partial charge on any atom is 0.232 e. The third-order valence-corrected chi connectivity index (χ3v) is 9.98. The fourth-order valence-corrected chi connectivity index (χ4v) is 7.32. The van der Waals surface area contributed by atoms with Gasteiger partial charge in [0.2, 0.25) is 5.95 Å². The first-order valence-corrected chi connectivity index (χ1v) is 16.8. The predicted molar refractivity (Wildman–Crippen MR) is 184 cm³/mol. The predicted octanol–water partition coefficient (Wildman–Crippen LogP) is 6.88. The van der Waals surface area contributed by atoms with Gasteiger partial charge >= 0.3 is 0 Å². The summed E-state index contributed by atoms with van der Waals surface area (Å²) in [4.78, 5) is 17.2. The highest BCUT2D eigenvalue weighted by Gasteiger charge is 2.34. The SMILES string of the molecule is C[C@@H]1CCCN(c2cc(N3CCN(c4ccccc4)CC3)nc(NC(=S)NCC3(c4ccc(Cl)cc4)CCCCC3)n2)C1. The molecule has 2 N–H and O–H groups in total. The van der Waals surface area contributed by atoms with Gasteiger partial charge in [-0.15, -0.1) is 0 Å². The summed E-state index contributed by atoms with van der Waals surface area (Å²) in [5, 5.41) is 8.28. The van der Waals surface area contributed by atoms with Crippen molar-refractivity contribution in [2.24, 2.45) is 5.92 Å². The van der Waals surface area contributed by atoms with Crippen LogP contribution >= 0.6 is 23.8 Å². The highest BCUT2D eigenvalue weighted by Crippen LogP contribution is 2.39. The molecule has 1 aromatic heterocycles. The minimum absolute atomic E-state index is 0.0464. The third-order valence-electron chi connectivity index (χ3n) is 9.49. The monoisotopic (exact) mass is 617 g/mol. The number of piperazine rings is 1. The van der Waals surface area contributed by atoms with Crippen LogP contribution in [-0.2, 0) is 5.41 Å². The van der Waals surface area contributed by atoms with E-state index in [-0.39, 0.29) is 5.41 Å². The zero-order valence-electron chi connectivity index (χ0n) is 25.3. The average Bonchev–Trinajstić information content (AvgIpc) is 3.05. The van der Waals surface area contributed by atoms with Gasteiger partial charge in [0.25, 0.3) is 0 Å². The topological polar surface area (TPSA) is 59.6 Å². The maximum absolute atomic E-state index is 6.23. The summed E-state index contributed by atoms with van der Waals surface area (Å²) in [6.07, 6.45) is 8.48.